The van der Waals surface area contributed by atoms with Crippen molar-refractivity contribution in [2.24, 2.45) is 0 Å². The van der Waals surface area contributed by atoms with Crippen LogP contribution in [0.2, 0.25) is 0 Å². The number of para-hydroxylation sites is 1. The van der Waals surface area contributed by atoms with Crippen molar-refractivity contribution < 1.29 is 13.5 Å². The number of benzene rings is 2. The standard InChI is InChI=1S/C14H15FNO2P/c1-11-8-9-13(15)14(10-11)16-19(2,17)18-12-6-4-3-5-7-12/h3-10H,1-2H3,(H,16,17)/t19-/m1/s1. The van der Waals surface area contributed by atoms with Crippen molar-refractivity contribution in [2.75, 3.05) is 11.8 Å². The zero-order valence-corrected chi connectivity index (χ0v) is 11.7. The minimum atomic E-state index is -3.17. The van der Waals surface area contributed by atoms with Gasteiger partial charge in [-0.15, -0.1) is 0 Å². The average molecular weight is 279 g/mol. The Bertz CT molecular complexity index is 616. The number of rotatable bonds is 4. The quantitative estimate of drug-likeness (QED) is 0.840. The van der Waals surface area contributed by atoms with Crippen molar-refractivity contribution in [3.8, 4) is 5.75 Å². The topological polar surface area (TPSA) is 38.3 Å². The third kappa shape index (κ3) is 3.83. The monoisotopic (exact) mass is 279 g/mol. The van der Waals surface area contributed by atoms with E-state index >= 15 is 0 Å². The van der Waals surface area contributed by atoms with Gasteiger partial charge in [0.05, 0.1) is 5.69 Å². The third-order valence-corrected chi connectivity index (χ3v) is 3.67. The van der Waals surface area contributed by atoms with Crippen LogP contribution >= 0.6 is 7.52 Å². The lowest BCUT2D eigenvalue weighted by Gasteiger charge is -2.18. The van der Waals surface area contributed by atoms with Crippen molar-refractivity contribution in [2.45, 2.75) is 6.92 Å². The van der Waals surface area contributed by atoms with E-state index in [1.54, 1.807) is 36.4 Å². The van der Waals surface area contributed by atoms with E-state index < -0.39 is 13.3 Å². The second-order valence-corrected chi connectivity index (χ2v) is 6.44. The molecule has 2 rings (SSSR count). The molecule has 0 saturated heterocycles. The molecule has 0 spiro atoms. The van der Waals surface area contributed by atoms with Crippen LogP contribution in [0.5, 0.6) is 5.75 Å². The Morgan fingerprint density at radius 2 is 1.84 bits per heavy atom. The minimum absolute atomic E-state index is 0.182. The molecule has 2 aromatic rings. The molecule has 0 fully saturated rings. The van der Waals surface area contributed by atoms with Gasteiger partial charge in [-0.3, -0.25) is 4.57 Å². The summed E-state index contributed by atoms with van der Waals surface area (Å²) in [6, 6.07) is 13.4. The molecule has 1 atom stereocenters. The average Bonchev–Trinajstić information content (AvgIpc) is 2.34. The van der Waals surface area contributed by atoms with E-state index in [-0.39, 0.29) is 5.69 Å². The van der Waals surface area contributed by atoms with Gasteiger partial charge in [0.2, 0.25) is 0 Å². The summed E-state index contributed by atoms with van der Waals surface area (Å²) in [5.41, 5.74) is 1.06. The molecule has 0 bridgehead atoms. The van der Waals surface area contributed by atoms with Gasteiger partial charge < -0.3 is 9.61 Å². The lowest BCUT2D eigenvalue weighted by molar-refractivity contribution is 0.493. The maximum absolute atomic E-state index is 13.6. The van der Waals surface area contributed by atoms with Crippen molar-refractivity contribution in [3.63, 3.8) is 0 Å². The summed E-state index contributed by atoms with van der Waals surface area (Å²) >= 11 is 0. The number of anilines is 1. The third-order valence-electron chi connectivity index (χ3n) is 2.47. The van der Waals surface area contributed by atoms with Crippen molar-refractivity contribution >= 4 is 13.2 Å². The van der Waals surface area contributed by atoms with Gasteiger partial charge in [0, 0.05) is 6.66 Å². The number of aryl methyl sites for hydroxylation is 1. The second kappa shape index (κ2) is 5.45. The maximum atomic E-state index is 13.6. The molecular formula is C14H15FNO2P. The minimum Gasteiger partial charge on any atom is -0.429 e. The van der Waals surface area contributed by atoms with Gasteiger partial charge in [-0.05, 0) is 36.8 Å². The predicted octanol–water partition coefficient (Wildman–Crippen LogP) is 4.45. The Hall–Kier alpha value is -1.80. The summed E-state index contributed by atoms with van der Waals surface area (Å²) in [7, 11) is -3.17. The molecule has 0 aromatic heterocycles. The highest BCUT2D eigenvalue weighted by atomic mass is 31.2. The lowest BCUT2D eigenvalue weighted by Crippen LogP contribution is -2.04. The van der Waals surface area contributed by atoms with Crippen LogP contribution < -0.4 is 9.61 Å². The first-order chi connectivity index (χ1) is 8.96. The highest BCUT2D eigenvalue weighted by molar-refractivity contribution is 7.60. The van der Waals surface area contributed by atoms with E-state index in [1.165, 1.54) is 12.7 Å². The normalized spacial score (nSPS) is 13.6. The smallest absolute Gasteiger partial charge is 0.338 e. The molecule has 0 aliphatic carbocycles. The van der Waals surface area contributed by atoms with Gasteiger partial charge in [0.15, 0.2) is 0 Å². The summed E-state index contributed by atoms with van der Waals surface area (Å²) < 4.78 is 31.3. The van der Waals surface area contributed by atoms with Gasteiger partial charge in [-0.1, -0.05) is 24.3 Å². The predicted molar refractivity (Wildman–Crippen MR) is 75.4 cm³/mol. The van der Waals surface area contributed by atoms with E-state index in [9.17, 15) is 8.96 Å². The highest BCUT2D eigenvalue weighted by Gasteiger charge is 2.19. The number of hydrogen-bond donors (Lipinski definition) is 1. The summed E-state index contributed by atoms with van der Waals surface area (Å²) in [6.45, 7) is 3.25. The summed E-state index contributed by atoms with van der Waals surface area (Å²) in [6.07, 6.45) is 0. The molecule has 3 nitrogen and oxygen atoms in total. The van der Waals surface area contributed by atoms with Gasteiger partial charge in [-0.2, -0.15) is 0 Å². The molecule has 0 unspecified atom stereocenters. The molecule has 0 amide bonds. The molecule has 19 heavy (non-hydrogen) atoms. The summed E-state index contributed by atoms with van der Waals surface area (Å²) in [4.78, 5) is 0. The molecule has 0 heterocycles. The van der Waals surface area contributed by atoms with Crippen LogP contribution in [-0.2, 0) is 4.57 Å². The fraction of sp³-hybridized carbons (Fsp3) is 0.143. The molecule has 2 aromatic carbocycles. The SMILES string of the molecule is Cc1ccc(F)c(N[P@](C)(=O)Oc2ccccc2)c1. The van der Waals surface area contributed by atoms with E-state index in [1.807, 2.05) is 13.0 Å². The van der Waals surface area contributed by atoms with Crippen LogP contribution in [0.25, 0.3) is 0 Å². The van der Waals surface area contributed by atoms with Crippen molar-refractivity contribution in [3.05, 3.63) is 59.9 Å². The van der Waals surface area contributed by atoms with Crippen molar-refractivity contribution in [1.29, 1.82) is 0 Å². The molecule has 0 radical (unpaired) electrons. The number of nitrogens with one attached hydrogen (secondary N) is 1. The van der Waals surface area contributed by atoms with Crippen molar-refractivity contribution in [1.82, 2.24) is 0 Å². The Morgan fingerprint density at radius 3 is 2.53 bits per heavy atom. The number of halogens is 1. The van der Waals surface area contributed by atoms with Gasteiger partial charge in [-0.25, -0.2) is 4.39 Å². The van der Waals surface area contributed by atoms with Gasteiger partial charge in [0.1, 0.15) is 11.6 Å². The Labute approximate surface area is 111 Å². The molecule has 1 N–H and O–H groups in total. The molecule has 0 aliphatic heterocycles. The Morgan fingerprint density at radius 1 is 1.16 bits per heavy atom. The summed E-state index contributed by atoms with van der Waals surface area (Å²) in [5, 5.41) is 2.63. The first-order valence-electron chi connectivity index (χ1n) is 5.83. The highest BCUT2D eigenvalue weighted by Crippen LogP contribution is 2.43. The second-order valence-electron chi connectivity index (χ2n) is 4.35. The molecule has 0 aliphatic rings. The van der Waals surface area contributed by atoms with E-state index in [0.29, 0.717) is 5.75 Å². The molecular weight excluding hydrogens is 264 g/mol. The van der Waals surface area contributed by atoms with Crippen LogP contribution in [0, 0.1) is 12.7 Å². The van der Waals surface area contributed by atoms with Crippen LogP contribution in [0.1, 0.15) is 5.56 Å². The fourth-order valence-corrected chi connectivity index (χ4v) is 2.83. The lowest BCUT2D eigenvalue weighted by atomic mass is 10.2. The fourth-order valence-electron chi connectivity index (χ4n) is 1.65. The van der Waals surface area contributed by atoms with Crippen LogP contribution in [-0.4, -0.2) is 6.66 Å². The van der Waals surface area contributed by atoms with Crippen LogP contribution in [0.4, 0.5) is 10.1 Å². The van der Waals surface area contributed by atoms with E-state index in [0.717, 1.165) is 5.56 Å². The van der Waals surface area contributed by atoms with Gasteiger partial charge in [0.25, 0.3) is 0 Å². The first kappa shape index (κ1) is 13.6. The maximum Gasteiger partial charge on any atom is 0.338 e. The summed E-state index contributed by atoms with van der Waals surface area (Å²) in [5.74, 6) is 0.0261. The van der Waals surface area contributed by atoms with Crippen LogP contribution in [0.15, 0.2) is 48.5 Å². The largest absolute Gasteiger partial charge is 0.429 e. The number of hydrogen-bond acceptors (Lipinski definition) is 2. The molecule has 0 saturated carbocycles. The van der Waals surface area contributed by atoms with Crippen LogP contribution in [0.3, 0.4) is 0 Å². The molecule has 100 valence electrons. The Balaban J connectivity index is 2.17. The van der Waals surface area contributed by atoms with E-state index in [2.05, 4.69) is 5.09 Å². The Kier molecular flexibility index (Phi) is 3.91. The first-order valence-corrected chi connectivity index (χ1v) is 7.90. The van der Waals surface area contributed by atoms with Gasteiger partial charge >= 0.3 is 7.52 Å². The zero-order chi connectivity index (χ0) is 13.9. The molecule has 5 heteroatoms. The zero-order valence-electron chi connectivity index (χ0n) is 10.8. The van der Waals surface area contributed by atoms with E-state index in [4.69, 9.17) is 4.52 Å².